The Morgan fingerprint density at radius 2 is 1.96 bits per heavy atom. The number of ether oxygens (including phenoxy) is 1. The molecule has 0 fully saturated rings. The molecule has 0 saturated carbocycles. The Balaban J connectivity index is 1.81. The van der Waals surface area contributed by atoms with Crippen LogP contribution < -0.4 is 15.4 Å². The predicted molar refractivity (Wildman–Crippen MR) is 79.5 cm³/mol. The number of rotatable bonds is 2. The van der Waals surface area contributed by atoms with E-state index in [1.807, 2.05) is 0 Å². The Morgan fingerprint density at radius 3 is 2.74 bits per heavy atom. The molecule has 2 aromatic carbocycles. The standard InChI is InChI=1S/C16H12F2N2O3/c17-11-3-1-9(7-12(11)18)16(22)19-10-2-4-14-13(8-10)20-15(21)5-6-23-14/h1-4,7-8H,5-6H2,(H,19,22)(H,20,21). The normalized spacial score (nSPS) is 13.4. The van der Waals surface area contributed by atoms with E-state index >= 15 is 0 Å². The van der Waals surface area contributed by atoms with Crippen LogP contribution in [0.5, 0.6) is 5.75 Å². The molecular formula is C16H12F2N2O3. The van der Waals surface area contributed by atoms with Crippen LogP contribution in [-0.4, -0.2) is 18.4 Å². The Hall–Kier alpha value is -2.96. The lowest BCUT2D eigenvalue weighted by molar-refractivity contribution is -0.116. The molecule has 0 radical (unpaired) electrons. The predicted octanol–water partition coefficient (Wildman–Crippen LogP) is 2.94. The highest BCUT2D eigenvalue weighted by molar-refractivity contribution is 6.05. The first-order valence-electron chi connectivity index (χ1n) is 6.86. The zero-order valence-electron chi connectivity index (χ0n) is 11.9. The molecule has 1 aliphatic rings. The van der Waals surface area contributed by atoms with Crippen molar-refractivity contribution in [2.24, 2.45) is 0 Å². The van der Waals surface area contributed by atoms with Gasteiger partial charge < -0.3 is 15.4 Å². The maximum Gasteiger partial charge on any atom is 0.255 e. The summed E-state index contributed by atoms with van der Waals surface area (Å²) in [5.74, 6) is -2.40. The Bertz CT molecular complexity index is 793. The van der Waals surface area contributed by atoms with Gasteiger partial charge in [0, 0.05) is 11.3 Å². The number of anilines is 2. The third-order valence-corrected chi connectivity index (χ3v) is 3.28. The van der Waals surface area contributed by atoms with Crippen LogP contribution in [0.3, 0.4) is 0 Å². The molecule has 0 saturated heterocycles. The zero-order chi connectivity index (χ0) is 16.4. The van der Waals surface area contributed by atoms with E-state index in [1.165, 1.54) is 12.1 Å². The number of hydrogen-bond acceptors (Lipinski definition) is 3. The highest BCUT2D eigenvalue weighted by atomic mass is 19.2. The first kappa shape index (κ1) is 15.0. The van der Waals surface area contributed by atoms with Crippen LogP contribution in [0.1, 0.15) is 16.8 Å². The second kappa shape index (κ2) is 6.04. The fourth-order valence-electron chi connectivity index (χ4n) is 2.14. The van der Waals surface area contributed by atoms with Crippen LogP contribution in [0.15, 0.2) is 36.4 Å². The van der Waals surface area contributed by atoms with E-state index in [4.69, 9.17) is 4.74 Å². The van der Waals surface area contributed by atoms with Gasteiger partial charge in [-0.1, -0.05) is 0 Å². The first-order chi connectivity index (χ1) is 11.0. The highest BCUT2D eigenvalue weighted by Gasteiger charge is 2.15. The number of hydrogen-bond donors (Lipinski definition) is 2. The molecule has 1 aliphatic heterocycles. The second-order valence-electron chi connectivity index (χ2n) is 4.94. The summed E-state index contributed by atoms with van der Waals surface area (Å²) in [6, 6.07) is 7.63. The van der Waals surface area contributed by atoms with E-state index < -0.39 is 17.5 Å². The van der Waals surface area contributed by atoms with Crippen molar-refractivity contribution in [3.63, 3.8) is 0 Å². The highest BCUT2D eigenvalue weighted by Crippen LogP contribution is 2.30. The summed E-state index contributed by atoms with van der Waals surface area (Å²) in [6.45, 7) is 0.277. The van der Waals surface area contributed by atoms with E-state index in [0.717, 1.165) is 12.1 Å². The summed E-state index contributed by atoms with van der Waals surface area (Å²) in [6.07, 6.45) is 0.241. The largest absolute Gasteiger partial charge is 0.491 e. The molecule has 0 atom stereocenters. The molecule has 0 bridgehead atoms. The van der Waals surface area contributed by atoms with Crippen LogP contribution >= 0.6 is 0 Å². The minimum Gasteiger partial charge on any atom is -0.491 e. The number of amides is 2. The van der Waals surface area contributed by atoms with Gasteiger partial charge in [-0.2, -0.15) is 0 Å². The van der Waals surface area contributed by atoms with Crippen molar-refractivity contribution in [2.75, 3.05) is 17.2 Å². The number of benzene rings is 2. The minimum atomic E-state index is -1.10. The van der Waals surface area contributed by atoms with Crippen molar-refractivity contribution >= 4 is 23.2 Å². The van der Waals surface area contributed by atoms with Crippen molar-refractivity contribution in [3.8, 4) is 5.75 Å². The van der Waals surface area contributed by atoms with E-state index in [1.54, 1.807) is 12.1 Å². The molecule has 0 aliphatic carbocycles. The van der Waals surface area contributed by atoms with Gasteiger partial charge in [0.15, 0.2) is 11.6 Å². The van der Waals surface area contributed by atoms with E-state index in [9.17, 15) is 18.4 Å². The van der Waals surface area contributed by atoms with E-state index in [0.29, 0.717) is 17.1 Å². The van der Waals surface area contributed by atoms with Gasteiger partial charge >= 0.3 is 0 Å². The third kappa shape index (κ3) is 3.28. The van der Waals surface area contributed by atoms with Gasteiger partial charge in [-0.05, 0) is 36.4 Å². The van der Waals surface area contributed by atoms with Crippen molar-refractivity contribution in [1.82, 2.24) is 0 Å². The number of carbonyl (C=O) groups is 2. The summed E-state index contributed by atoms with van der Waals surface area (Å²) < 4.78 is 31.5. The molecule has 2 N–H and O–H groups in total. The van der Waals surface area contributed by atoms with Crippen LogP contribution in [-0.2, 0) is 4.79 Å². The fraction of sp³-hybridized carbons (Fsp3) is 0.125. The topological polar surface area (TPSA) is 67.4 Å². The summed E-state index contributed by atoms with van der Waals surface area (Å²) in [7, 11) is 0. The lowest BCUT2D eigenvalue weighted by Gasteiger charge is -2.10. The molecule has 118 valence electrons. The lowest BCUT2D eigenvalue weighted by Crippen LogP contribution is -2.13. The van der Waals surface area contributed by atoms with Crippen LogP contribution in [0.25, 0.3) is 0 Å². The zero-order valence-corrected chi connectivity index (χ0v) is 11.9. The maximum absolute atomic E-state index is 13.2. The average Bonchev–Trinajstić information content (AvgIpc) is 2.70. The lowest BCUT2D eigenvalue weighted by atomic mass is 10.2. The first-order valence-corrected chi connectivity index (χ1v) is 6.86. The van der Waals surface area contributed by atoms with Gasteiger partial charge in [-0.3, -0.25) is 9.59 Å². The van der Waals surface area contributed by atoms with Crippen LogP contribution in [0, 0.1) is 11.6 Å². The quantitative estimate of drug-likeness (QED) is 0.894. The van der Waals surface area contributed by atoms with E-state index in [2.05, 4.69) is 10.6 Å². The van der Waals surface area contributed by atoms with Crippen molar-refractivity contribution in [1.29, 1.82) is 0 Å². The number of fused-ring (bicyclic) bond motifs is 1. The smallest absolute Gasteiger partial charge is 0.255 e. The summed E-state index contributed by atoms with van der Waals surface area (Å²) in [5, 5.41) is 5.22. The summed E-state index contributed by atoms with van der Waals surface area (Å²) in [4.78, 5) is 23.6. The van der Waals surface area contributed by atoms with Crippen LogP contribution in [0.4, 0.5) is 20.2 Å². The number of halogens is 2. The molecule has 23 heavy (non-hydrogen) atoms. The minimum absolute atomic E-state index is 0.0147. The Morgan fingerprint density at radius 1 is 1.13 bits per heavy atom. The van der Waals surface area contributed by atoms with Crippen molar-refractivity contribution < 1.29 is 23.1 Å². The number of carbonyl (C=O) groups excluding carboxylic acids is 2. The molecule has 0 aromatic heterocycles. The Kier molecular flexibility index (Phi) is 3.92. The molecule has 2 amide bonds. The van der Waals surface area contributed by atoms with Gasteiger partial charge in [0.1, 0.15) is 5.75 Å². The molecule has 1 heterocycles. The molecule has 3 rings (SSSR count). The molecule has 5 nitrogen and oxygen atoms in total. The average molecular weight is 318 g/mol. The molecular weight excluding hydrogens is 306 g/mol. The maximum atomic E-state index is 13.2. The molecule has 0 spiro atoms. The van der Waals surface area contributed by atoms with Crippen LogP contribution in [0.2, 0.25) is 0 Å². The summed E-state index contributed by atoms with van der Waals surface area (Å²) >= 11 is 0. The van der Waals surface area contributed by atoms with Crippen molar-refractivity contribution in [2.45, 2.75) is 6.42 Å². The van der Waals surface area contributed by atoms with E-state index in [-0.39, 0.29) is 24.5 Å². The van der Waals surface area contributed by atoms with Gasteiger partial charge in [0.25, 0.3) is 5.91 Å². The molecule has 0 unspecified atom stereocenters. The van der Waals surface area contributed by atoms with Gasteiger partial charge in [-0.15, -0.1) is 0 Å². The second-order valence-corrected chi connectivity index (χ2v) is 4.94. The SMILES string of the molecule is O=C1CCOc2ccc(NC(=O)c3ccc(F)c(F)c3)cc2N1. The molecule has 2 aromatic rings. The summed E-state index contributed by atoms with van der Waals surface area (Å²) in [5.41, 5.74) is 0.819. The van der Waals surface area contributed by atoms with Gasteiger partial charge in [0.05, 0.1) is 18.7 Å². The van der Waals surface area contributed by atoms with Crippen molar-refractivity contribution in [3.05, 3.63) is 53.6 Å². The fourth-order valence-corrected chi connectivity index (χ4v) is 2.14. The van der Waals surface area contributed by atoms with Gasteiger partial charge in [0.2, 0.25) is 5.91 Å². The number of nitrogens with one attached hydrogen (secondary N) is 2. The Labute approximate surface area is 130 Å². The monoisotopic (exact) mass is 318 g/mol. The molecule has 7 heteroatoms. The third-order valence-electron chi connectivity index (χ3n) is 3.28. The van der Waals surface area contributed by atoms with Gasteiger partial charge in [-0.25, -0.2) is 8.78 Å².